The minimum absolute atomic E-state index is 0.00774. The Morgan fingerprint density at radius 3 is 2.69 bits per heavy atom. The van der Waals surface area contributed by atoms with Gasteiger partial charge in [-0.3, -0.25) is 9.69 Å². The zero-order chi connectivity index (χ0) is 18.7. The molecular formula is C20H24ClN3O2. The zero-order valence-electron chi connectivity index (χ0n) is 15.0. The predicted octanol–water partition coefficient (Wildman–Crippen LogP) is 3.10. The lowest BCUT2D eigenvalue weighted by Gasteiger charge is -2.24. The van der Waals surface area contributed by atoms with Crippen molar-refractivity contribution in [3.05, 3.63) is 59.1 Å². The fourth-order valence-electron chi connectivity index (χ4n) is 3.41. The number of benzene rings is 2. The van der Waals surface area contributed by atoms with E-state index in [1.165, 1.54) is 5.56 Å². The van der Waals surface area contributed by atoms with Crippen LogP contribution in [0.15, 0.2) is 48.5 Å². The van der Waals surface area contributed by atoms with E-state index < -0.39 is 0 Å². The molecule has 1 unspecified atom stereocenters. The number of halogens is 1. The summed E-state index contributed by atoms with van der Waals surface area (Å²) in [6.07, 6.45) is 0. The summed E-state index contributed by atoms with van der Waals surface area (Å²) >= 11 is 6.04. The van der Waals surface area contributed by atoms with Gasteiger partial charge in [0.2, 0.25) is 5.91 Å². The van der Waals surface area contributed by atoms with Gasteiger partial charge in [-0.15, -0.1) is 0 Å². The average Bonchev–Trinajstić information content (AvgIpc) is 3.03. The molecule has 138 valence electrons. The number of anilines is 1. The van der Waals surface area contributed by atoms with Crippen LogP contribution in [0.4, 0.5) is 5.69 Å². The molecule has 1 heterocycles. The molecule has 0 bridgehead atoms. The van der Waals surface area contributed by atoms with Gasteiger partial charge in [-0.1, -0.05) is 41.9 Å². The Labute approximate surface area is 159 Å². The summed E-state index contributed by atoms with van der Waals surface area (Å²) < 4.78 is 5.29. The number of carbonyl (C=O) groups excluding carboxylic acids is 1. The van der Waals surface area contributed by atoms with Crippen molar-refractivity contribution < 1.29 is 9.53 Å². The maximum absolute atomic E-state index is 12.7. The quantitative estimate of drug-likeness (QED) is 0.845. The number of hydrogen-bond donors (Lipinski definition) is 2. The van der Waals surface area contributed by atoms with Gasteiger partial charge in [-0.05, 0) is 30.7 Å². The maximum Gasteiger partial charge on any atom is 0.241 e. The second-order valence-corrected chi connectivity index (χ2v) is 7.08. The highest BCUT2D eigenvalue weighted by atomic mass is 35.5. The van der Waals surface area contributed by atoms with E-state index in [0.717, 1.165) is 6.54 Å². The molecule has 1 aliphatic heterocycles. The highest BCUT2D eigenvalue weighted by Crippen LogP contribution is 2.30. The Kier molecular flexibility index (Phi) is 5.81. The summed E-state index contributed by atoms with van der Waals surface area (Å²) in [7, 11) is 1.56. The van der Waals surface area contributed by atoms with Gasteiger partial charge in [-0.2, -0.15) is 0 Å². The molecule has 1 saturated heterocycles. The van der Waals surface area contributed by atoms with E-state index in [9.17, 15) is 4.79 Å². The van der Waals surface area contributed by atoms with E-state index in [1.807, 2.05) is 25.1 Å². The van der Waals surface area contributed by atoms with Crippen molar-refractivity contribution in [2.45, 2.75) is 24.9 Å². The van der Waals surface area contributed by atoms with E-state index in [4.69, 9.17) is 22.1 Å². The molecule has 0 spiro atoms. The van der Waals surface area contributed by atoms with Gasteiger partial charge in [0, 0.05) is 30.1 Å². The molecule has 3 rings (SSSR count). The van der Waals surface area contributed by atoms with Gasteiger partial charge in [0.15, 0.2) is 0 Å². The minimum atomic E-state index is -0.307. The maximum atomic E-state index is 12.7. The van der Waals surface area contributed by atoms with Crippen LogP contribution >= 0.6 is 11.6 Å². The van der Waals surface area contributed by atoms with Crippen LogP contribution in [0.3, 0.4) is 0 Å². The van der Waals surface area contributed by atoms with Gasteiger partial charge in [0.05, 0.1) is 18.8 Å². The van der Waals surface area contributed by atoms with E-state index >= 15 is 0 Å². The Morgan fingerprint density at radius 2 is 2.00 bits per heavy atom. The number of hydrogen-bond acceptors (Lipinski definition) is 4. The number of nitrogens with one attached hydrogen (secondary N) is 1. The van der Waals surface area contributed by atoms with Crippen LogP contribution in [0.2, 0.25) is 5.02 Å². The SMILES string of the molecule is COc1ccc(Cl)cc1NC(=O)C(C)N1C[C@@H](N)[C@H](c2ccccc2)C1. The first kappa shape index (κ1) is 18.7. The molecular weight excluding hydrogens is 350 g/mol. The molecule has 0 aliphatic carbocycles. The number of methoxy groups -OCH3 is 1. The van der Waals surface area contributed by atoms with Crippen LogP contribution in [0.25, 0.3) is 0 Å². The lowest BCUT2D eigenvalue weighted by atomic mass is 9.95. The summed E-state index contributed by atoms with van der Waals surface area (Å²) in [6, 6.07) is 15.1. The number of nitrogens with zero attached hydrogens (tertiary/aromatic N) is 1. The van der Waals surface area contributed by atoms with Gasteiger partial charge in [0.25, 0.3) is 0 Å². The fourth-order valence-corrected chi connectivity index (χ4v) is 3.58. The third-order valence-electron chi connectivity index (χ3n) is 4.97. The highest BCUT2D eigenvalue weighted by molar-refractivity contribution is 6.31. The molecule has 0 aromatic heterocycles. The predicted molar refractivity (Wildman–Crippen MR) is 105 cm³/mol. The largest absolute Gasteiger partial charge is 0.495 e. The lowest BCUT2D eigenvalue weighted by molar-refractivity contribution is -0.120. The lowest BCUT2D eigenvalue weighted by Crippen LogP contribution is -2.41. The van der Waals surface area contributed by atoms with Crippen molar-refractivity contribution >= 4 is 23.2 Å². The van der Waals surface area contributed by atoms with E-state index in [-0.39, 0.29) is 23.9 Å². The summed E-state index contributed by atoms with van der Waals surface area (Å²) in [6.45, 7) is 3.33. The molecule has 0 saturated carbocycles. The molecule has 2 aromatic rings. The molecule has 3 atom stereocenters. The molecule has 1 amide bonds. The fraction of sp³-hybridized carbons (Fsp3) is 0.350. The van der Waals surface area contributed by atoms with Gasteiger partial charge in [0.1, 0.15) is 5.75 Å². The Bertz CT molecular complexity index is 769. The third kappa shape index (κ3) is 4.01. The molecule has 1 aliphatic rings. The highest BCUT2D eigenvalue weighted by Gasteiger charge is 2.35. The normalized spacial score (nSPS) is 21.4. The Morgan fingerprint density at radius 1 is 1.27 bits per heavy atom. The van der Waals surface area contributed by atoms with Crippen LogP contribution in [0.5, 0.6) is 5.75 Å². The summed E-state index contributed by atoms with van der Waals surface area (Å²) in [4.78, 5) is 14.9. The summed E-state index contributed by atoms with van der Waals surface area (Å²) in [5.74, 6) is 0.703. The summed E-state index contributed by atoms with van der Waals surface area (Å²) in [5, 5.41) is 3.46. The number of rotatable bonds is 5. The second-order valence-electron chi connectivity index (χ2n) is 6.64. The molecule has 1 fully saturated rings. The van der Waals surface area contributed by atoms with Crippen LogP contribution in [-0.4, -0.2) is 43.1 Å². The van der Waals surface area contributed by atoms with Gasteiger partial charge in [-0.25, -0.2) is 0 Å². The van der Waals surface area contributed by atoms with Crippen molar-refractivity contribution in [3.63, 3.8) is 0 Å². The van der Waals surface area contributed by atoms with E-state index in [2.05, 4.69) is 22.3 Å². The van der Waals surface area contributed by atoms with Crippen LogP contribution in [0, 0.1) is 0 Å². The first-order chi connectivity index (χ1) is 12.5. The van der Waals surface area contributed by atoms with Crippen molar-refractivity contribution in [2.24, 2.45) is 5.73 Å². The first-order valence-corrected chi connectivity index (χ1v) is 9.06. The van der Waals surface area contributed by atoms with Crippen molar-refractivity contribution in [3.8, 4) is 5.75 Å². The van der Waals surface area contributed by atoms with Gasteiger partial charge >= 0.3 is 0 Å². The topological polar surface area (TPSA) is 67.6 Å². The number of ether oxygens (including phenoxy) is 1. The van der Waals surface area contributed by atoms with E-state index in [1.54, 1.807) is 25.3 Å². The molecule has 3 N–H and O–H groups in total. The minimum Gasteiger partial charge on any atom is -0.495 e. The molecule has 6 heteroatoms. The smallest absolute Gasteiger partial charge is 0.241 e. The zero-order valence-corrected chi connectivity index (χ0v) is 15.7. The van der Waals surface area contributed by atoms with Crippen LogP contribution < -0.4 is 15.8 Å². The van der Waals surface area contributed by atoms with Crippen molar-refractivity contribution in [2.75, 3.05) is 25.5 Å². The number of carbonyl (C=O) groups is 1. The number of amides is 1. The third-order valence-corrected chi connectivity index (χ3v) is 5.20. The van der Waals surface area contributed by atoms with Crippen LogP contribution in [0.1, 0.15) is 18.4 Å². The first-order valence-electron chi connectivity index (χ1n) is 8.68. The molecule has 5 nitrogen and oxygen atoms in total. The average molecular weight is 374 g/mol. The summed E-state index contributed by atoms with van der Waals surface area (Å²) in [5.41, 5.74) is 8.13. The van der Waals surface area contributed by atoms with E-state index in [0.29, 0.717) is 23.0 Å². The number of nitrogens with two attached hydrogens (primary N) is 1. The molecule has 2 aromatic carbocycles. The number of likely N-dealkylation sites (tertiary alicyclic amines) is 1. The second kappa shape index (κ2) is 8.08. The monoisotopic (exact) mass is 373 g/mol. The molecule has 26 heavy (non-hydrogen) atoms. The van der Waals surface area contributed by atoms with Crippen LogP contribution in [-0.2, 0) is 4.79 Å². The Balaban J connectivity index is 1.69. The van der Waals surface area contributed by atoms with Gasteiger partial charge < -0.3 is 15.8 Å². The van der Waals surface area contributed by atoms with Crippen molar-refractivity contribution in [1.29, 1.82) is 0 Å². The van der Waals surface area contributed by atoms with Crippen molar-refractivity contribution in [1.82, 2.24) is 4.90 Å². The molecule has 0 radical (unpaired) electrons. The standard InChI is InChI=1S/C20H24ClN3O2/c1-13(20(25)23-18-10-15(21)8-9-19(18)26-2)24-11-16(17(22)12-24)14-6-4-3-5-7-14/h3-10,13,16-17H,11-12,22H2,1-2H3,(H,23,25)/t13?,16-,17+/m0/s1. The Hall–Kier alpha value is -2.08.